The van der Waals surface area contributed by atoms with Gasteiger partial charge in [-0.05, 0) is 49.9 Å². The minimum absolute atomic E-state index is 0.0324. The molecule has 1 amide bonds. The molecule has 0 N–H and O–H groups in total. The molecule has 1 aliphatic heterocycles. The summed E-state index contributed by atoms with van der Waals surface area (Å²) in [4.78, 5) is 27.3. The second kappa shape index (κ2) is 8.34. The molecule has 4 unspecified atom stereocenters. The summed E-state index contributed by atoms with van der Waals surface area (Å²) < 4.78 is 59.1. The summed E-state index contributed by atoms with van der Waals surface area (Å²) in [7, 11) is 0. The van der Waals surface area contributed by atoms with Gasteiger partial charge >= 0.3 is 6.18 Å². The molecule has 2 aliphatic rings. The molecule has 5 rings (SSSR count). The molecule has 2 bridgehead atoms. The summed E-state index contributed by atoms with van der Waals surface area (Å²) in [5, 5.41) is 0. The summed E-state index contributed by atoms with van der Waals surface area (Å²) in [6.45, 7) is 1.94. The monoisotopic (exact) mass is 472 g/mol. The fourth-order valence-electron chi connectivity index (χ4n) is 4.96. The minimum atomic E-state index is -4.48. The van der Waals surface area contributed by atoms with Gasteiger partial charge in [-0.3, -0.25) is 4.79 Å². The van der Waals surface area contributed by atoms with E-state index in [1.165, 1.54) is 30.6 Å². The standard InChI is InChI=1S/C24H20F4N4O2/c1-13-14-10-18(19(11-14)34-20-7-6-15(12-31-20)24(26,27)28)32(13)23(33)16-4-2-5-17(25)21(16)22-29-8-3-9-30-22/h2-9,12-14,18-19H,10-11H2,1H3. The number of carbonyl (C=O) groups is 1. The first-order valence-electron chi connectivity index (χ1n) is 10.8. The van der Waals surface area contributed by atoms with Crippen molar-refractivity contribution in [1.82, 2.24) is 19.9 Å². The van der Waals surface area contributed by atoms with Gasteiger partial charge in [0.1, 0.15) is 11.9 Å². The molecule has 1 saturated heterocycles. The minimum Gasteiger partial charge on any atom is -0.472 e. The average Bonchev–Trinajstić information content (AvgIpc) is 3.36. The Kier molecular flexibility index (Phi) is 5.45. The van der Waals surface area contributed by atoms with Crippen LogP contribution in [0.25, 0.3) is 11.4 Å². The molecule has 6 nitrogen and oxygen atoms in total. The van der Waals surface area contributed by atoms with Gasteiger partial charge in [0.05, 0.1) is 22.7 Å². The van der Waals surface area contributed by atoms with Crippen molar-refractivity contribution in [3.05, 3.63) is 71.9 Å². The van der Waals surface area contributed by atoms with E-state index >= 15 is 0 Å². The Balaban J connectivity index is 1.41. The van der Waals surface area contributed by atoms with Crippen molar-refractivity contribution >= 4 is 5.91 Å². The molecule has 0 spiro atoms. The van der Waals surface area contributed by atoms with Crippen LogP contribution in [0.15, 0.2) is 55.0 Å². The van der Waals surface area contributed by atoms with Crippen LogP contribution in [-0.2, 0) is 6.18 Å². The Morgan fingerprint density at radius 2 is 1.82 bits per heavy atom. The van der Waals surface area contributed by atoms with Gasteiger partial charge < -0.3 is 9.64 Å². The number of fused-ring (bicyclic) bond motifs is 2. The molecule has 176 valence electrons. The molecular weight excluding hydrogens is 452 g/mol. The van der Waals surface area contributed by atoms with E-state index in [0.717, 1.165) is 12.3 Å². The SMILES string of the molecule is CC1C2CC(Oc3ccc(C(F)(F)F)cn3)C(C2)N1C(=O)c1cccc(F)c1-c1ncccn1. The summed E-state index contributed by atoms with van der Waals surface area (Å²) in [5.41, 5.74) is -0.679. The van der Waals surface area contributed by atoms with Crippen molar-refractivity contribution in [3.8, 4) is 17.3 Å². The number of hydrogen-bond donors (Lipinski definition) is 0. The van der Waals surface area contributed by atoms with Gasteiger partial charge in [-0.1, -0.05) is 6.07 Å². The van der Waals surface area contributed by atoms with E-state index < -0.39 is 23.7 Å². The van der Waals surface area contributed by atoms with Crippen LogP contribution in [-0.4, -0.2) is 43.9 Å². The van der Waals surface area contributed by atoms with Crippen molar-refractivity contribution in [3.63, 3.8) is 0 Å². The molecule has 4 atom stereocenters. The van der Waals surface area contributed by atoms with Gasteiger partial charge in [-0.2, -0.15) is 13.2 Å². The maximum Gasteiger partial charge on any atom is 0.417 e. The number of pyridine rings is 1. The molecule has 1 aromatic carbocycles. The van der Waals surface area contributed by atoms with Gasteiger partial charge in [-0.15, -0.1) is 0 Å². The highest BCUT2D eigenvalue weighted by Crippen LogP contribution is 2.45. The molecule has 1 aliphatic carbocycles. The maximum atomic E-state index is 14.8. The number of carbonyl (C=O) groups excluding carboxylic acids is 1. The van der Waals surface area contributed by atoms with Crippen LogP contribution >= 0.6 is 0 Å². The number of aromatic nitrogens is 3. The molecule has 3 heterocycles. The third-order valence-electron chi connectivity index (χ3n) is 6.59. The average molecular weight is 472 g/mol. The Bertz CT molecular complexity index is 1200. The predicted molar refractivity (Wildman–Crippen MR) is 113 cm³/mol. The number of likely N-dealkylation sites (tertiary alicyclic amines) is 1. The van der Waals surface area contributed by atoms with Gasteiger partial charge in [0.15, 0.2) is 5.82 Å². The summed E-state index contributed by atoms with van der Waals surface area (Å²) >= 11 is 0. The Morgan fingerprint density at radius 1 is 1.06 bits per heavy atom. The number of alkyl halides is 3. The van der Waals surface area contributed by atoms with Crippen LogP contribution in [0.2, 0.25) is 0 Å². The van der Waals surface area contributed by atoms with Gasteiger partial charge in [-0.25, -0.2) is 19.3 Å². The zero-order valence-electron chi connectivity index (χ0n) is 18.0. The van der Waals surface area contributed by atoms with Gasteiger partial charge in [0.25, 0.3) is 5.91 Å². The molecule has 3 aromatic rings. The molecule has 2 aromatic heterocycles. The molecule has 34 heavy (non-hydrogen) atoms. The third-order valence-corrected chi connectivity index (χ3v) is 6.59. The second-order valence-electron chi connectivity index (χ2n) is 8.53. The van der Waals surface area contributed by atoms with Crippen LogP contribution in [0.4, 0.5) is 17.6 Å². The first-order chi connectivity index (χ1) is 16.2. The van der Waals surface area contributed by atoms with E-state index in [1.54, 1.807) is 17.0 Å². The maximum absolute atomic E-state index is 14.8. The highest BCUT2D eigenvalue weighted by atomic mass is 19.4. The van der Waals surface area contributed by atoms with E-state index in [2.05, 4.69) is 15.0 Å². The summed E-state index contributed by atoms with van der Waals surface area (Å²) in [6, 6.07) is 7.54. The van der Waals surface area contributed by atoms with E-state index in [0.29, 0.717) is 12.8 Å². The normalized spacial score (nSPS) is 23.9. The van der Waals surface area contributed by atoms with Crippen LogP contribution in [0.3, 0.4) is 0 Å². The lowest BCUT2D eigenvalue weighted by molar-refractivity contribution is -0.137. The van der Waals surface area contributed by atoms with Crippen molar-refractivity contribution < 1.29 is 27.1 Å². The highest BCUT2D eigenvalue weighted by Gasteiger charge is 2.53. The van der Waals surface area contributed by atoms with E-state index in [9.17, 15) is 22.4 Å². The van der Waals surface area contributed by atoms with E-state index in [4.69, 9.17) is 4.74 Å². The number of halogens is 4. The zero-order chi connectivity index (χ0) is 24.0. The van der Waals surface area contributed by atoms with Crippen LogP contribution in [0, 0.1) is 11.7 Å². The predicted octanol–water partition coefficient (Wildman–Crippen LogP) is 4.77. The lowest BCUT2D eigenvalue weighted by Gasteiger charge is -2.38. The second-order valence-corrected chi connectivity index (χ2v) is 8.53. The first-order valence-corrected chi connectivity index (χ1v) is 10.8. The zero-order valence-corrected chi connectivity index (χ0v) is 18.0. The number of amides is 1. The molecule has 10 heteroatoms. The molecule has 1 saturated carbocycles. The van der Waals surface area contributed by atoms with Crippen LogP contribution in [0.1, 0.15) is 35.7 Å². The Hall–Kier alpha value is -3.56. The van der Waals surface area contributed by atoms with Gasteiger partial charge in [0.2, 0.25) is 5.88 Å². The van der Waals surface area contributed by atoms with Gasteiger partial charge in [0, 0.05) is 30.7 Å². The van der Waals surface area contributed by atoms with Crippen molar-refractivity contribution in [2.45, 2.75) is 44.1 Å². The van der Waals surface area contributed by atoms with Crippen molar-refractivity contribution in [1.29, 1.82) is 0 Å². The summed E-state index contributed by atoms with van der Waals surface area (Å²) in [6.07, 6.45) is 0.101. The largest absolute Gasteiger partial charge is 0.472 e. The number of benzene rings is 1. The quantitative estimate of drug-likeness (QED) is 0.512. The topological polar surface area (TPSA) is 68.2 Å². The first kappa shape index (κ1) is 22.2. The highest BCUT2D eigenvalue weighted by molar-refractivity contribution is 6.00. The fourth-order valence-corrected chi connectivity index (χ4v) is 4.96. The lowest BCUT2D eigenvalue weighted by Crippen LogP contribution is -2.51. The van der Waals surface area contributed by atoms with E-state index in [-0.39, 0.29) is 46.7 Å². The number of hydrogen-bond acceptors (Lipinski definition) is 5. The molecule has 2 fully saturated rings. The number of ether oxygens (including phenoxy) is 1. The smallest absolute Gasteiger partial charge is 0.417 e. The van der Waals surface area contributed by atoms with Crippen molar-refractivity contribution in [2.75, 3.05) is 0 Å². The number of nitrogens with zero attached hydrogens (tertiary/aromatic N) is 4. The lowest BCUT2D eigenvalue weighted by atomic mass is 9.97. The Morgan fingerprint density at radius 3 is 2.47 bits per heavy atom. The number of piperidine rings is 1. The summed E-state index contributed by atoms with van der Waals surface area (Å²) in [5.74, 6) is -0.637. The number of rotatable bonds is 4. The fraction of sp³-hybridized carbons (Fsp3) is 0.333. The van der Waals surface area contributed by atoms with Crippen LogP contribution < -0.4 is 4.74 Å². The van der Waals surface area contributed by atoms with E-state index in [1.807, 2.05) is 6.92 Å². The molecular formula is C24H20F4N4O2. The third kappa shape index (κ3) is 3.86. The Labute approximate surface area is 192 Å². The van der Waals surface area contributed by atoms with Crippen LogP contribution in [0.5, 0.6) is 5.88 Å². The van der Waals surface area contributed by atoms with Crippen molar-refractivity contribution in [2.24, 2.45) is 5.92 Å². The molecule has 0 radical (unpaired) electrons.